The first kappa shape index (κ1) is 13.6. The SMILES string of the molecule is COc1cccc(C(O)CNCc2cc(C)on2)c1. The molecule has 0 fully saturated rings. The number of benzene rings is 1. The van der Waals surface area contributed by atoms with E-state index in [0.717, 1.165) is 22.8 Å². The summed E-state index contributed by atoms with van der Waals surface area (Å²) >= 11 is 0. The molecule has 102 valence electrons. The summed E-state index contributed by atoms with van der Waals surface area (Å²) < 4.78 is 10.1. The molecule has 0 amide bonds. The van der Waals surface area contributed by atoms with Gasteiger partial charge >= 0.3 is 0 Å². The molecule has 0 aliphatic heterocycles. The van der Waals surface area contributed by atoms with Crippen molar-refractivity contribution in [1.29, 1.82) is 0 Å². The van der Waals surface area contributed by atoms with Crippen molar-refractivity contribution in [3.63, 3.8) is 0 Å². The Morgan fingerprint density at radius 3 is 2.95 bits per heavy atom. The highest BCUT2D eigenvalue weighted by molar-refractivity contribution is 5.29. The van der Waals surface area contributed by atoms with Crippen LogP contribution in [0.2, 0.25) is 0 Å². The molecule has 1 atom stereocenters. The summed E-state index contributed by atoms with van der Waals surface area (Å²) in [4.78, 5) is 0. The lowest BCUT2D eigenvalue weighted by atomic mass is 10.1. The summed E-state index contributed by atoms with van der Waals surface area (Å²) in [5.74, 6) is 1.52. The first-order chi connectivity index (χ1) is 9.19. The fourth-order valence-corrected chi connectivity index (χ4v) is 1.80. The molecule has 19 heavy (non-hydrogen) atoms. The first-order valence-electron chi connectivity index (χ1n) is 6.14. The molecule has 0 spiro atoms. The summed E-state index contributed by atoms with van der Waals surface area (Å²) in [5, 5.41) is 17.1. The van der Waals surface area contributed by atoms with E-state index >= 15 is 0 Å². The van der Waals surface area contributed by atoms with Crippen molar-refractivity contribution in [2.24, 2.45) is 0 Å². The van der Waals surface area contributed by atoms with Crippen molar-refractivity contribution in [1.82, 2.24) is 10.5 Å². The number of aliphatic hydroxyl groups excluding tert-OH is 1. The van der Waals surface area contributed by atoms with E-state index in [1.165, 1.54) is 0 Å². The minimum Gasteiger partial charge on any atom is -0.497 e. The molecule has 1 heterocycles. The van der Waals surface area contributed by atoms with E-state index in [4.69, 9.17) is 9.26 Å². The Hall–Kier alpha value is -1.85. The summed E-state index contributed by atoms with van der Waals surface area (Å²) in [6.07, 6.45) is -0.580. The third-order valence-electron chi connectivity index (χ3n) is 2.80. The van der Waals surface area contributed by atoms with Crippen molar-refractivity contribution in [3.05, 3.63) is 47.3 Å². The van der Waals surface area contributed by atoms with Gasteiger partial charge in [0.1, 0.15) is 11.5 Å². The van der Waals surface area contributed by atoms with Crippen LogP contribution in [0, 0.1) is 6.92 Å². The number of ether oxygens (including phenoxy) is 1. The maximum Gasteiger partial charge on any atom is 0.133 e. The third kappa shape index (κ3) is 3.81. The number of aliphatic hydroxyl groups is 1. The molecule has 1 aromatic heterocycles. The summed E-state index contributed by atoms with van der Waals surface area (Å²) in [6.45, 7) is 2.86. The lowest BCUT2D eigenvalue weighted by Gasteiger charge is -2.12. The molecule has 0 bridgehead atoms. The number of aryl methyl sites for hydroxylation is 1. The topological polar surface area (TPSA) is 67.5 Å². The number of hydrogen-bond acceptors (Lipinski definition) is 5. The van der Waals surface area contributed by atoms with Crippen molar-refractivity contribution < 1.29 is 14.4 Å². The monoisotopic (exact) mass is 262 g/mol. The number of methoxy groups -OCH3 is 1. The molecule has 2 N–H and O–H groups in total. The second kappa shape index (κ2) is 6.36. The van der Waals surface area contributed by atoms with Crippen molar-refractivity contribution >= 4 is 0 Å². The molecule has 1 unspecified atom stereocenters. The molecule has 5 nitrogen and oxygen atoms in total. The van der Waals surface area contributed by atoms with Crippen LogP contribution in [0.5, 0.6) is 5.75 Å². The average molecular weight is 262 g/mol. The number of rotatable bonds is 6. The number of aromatic nitrogens is 1. The predicted molar refractivity (Wildman–Crippen MR) is 70.9 cm³/mol. The molecule has 2 aromatic rings. The van der Waals surface area contributed by atoms with Gasteiger partial charge in [-0.1, -0.05) is 17.3 Å². The maximum absolute atomic E-state index is 10.1. The van der Waals surface area contributed by atoms with E-state index in [2.05, 4.69) is 10.5 Å². The standard InChI is InChI=1S/C14H18N2O3/c1-10-6-12(16-19-10)8-15-9-14(17)11-4-3-5-13(7-11)18-2/h3-7,14-15,17H,8-9H2,1-2H3. The van der Waals surface area contributed by atoms with Crippen LogP contribution in [-0.2, 0) is 6.54 Å². The van der Waals surface area contributed by atoms with Crippen LogP contribution in [0.3, 0.4) is 0 Å². The van der Waals surface area contributed by atoms with Crippen LogP contribution < -0.4 is 10.1 Å². The Labute approximate surface area is 112 Å². The van der Waals surface area contributed by atoms with Crippen LogP contribution in [0.15, 0.2) is 34.9 Å². The zero-order chi connectivity index (χ0) is 13.7. The van der Waals surface area contributed by atoms with Gasteiger partial charge in [0, 0.05) is 19.2 Å². The largest absolute Gasteiger partial charge is 0.497 e. The molecular weight excluding hydrogens is 244 g/mol. The summed E-state index contributed by atoms with van der Waals surface area (Å²) in [7, 11) is 1.61. The molecule has 0 saturated heterocycles. The smallest absolute Gasteiger partial charge is 0.133 e. The van der Waals surface area contributed by atoms with Gasteiger partial charge in [0.05, 0.1) is 18.9 Å². The van der Waals surface area contributed by atoms with Gasteiger partial charge in [0.15, 0.2) is 0 Å². The minimum atomic E-state index is -0.580. The zero-order valence-electron chi connectivity index (χ0n) is 11.1. The second-order valence-electron chi connectivity index (χ2n) is 4.35. The zero-order valence-corrected chi connectivity index (χ0v) is 11.1. The molecule has 2 rings (SSSR count). The Morgan fingerprint density at radius 2 is 2.26 bits per heavy atom. The maximum atomic E-state index is 10.1. The second-order valence-corrected chi connectivity index (χ2v) is 4.35. The summed E-state index contributed by atoms with van der Waals surface area (Å²) in [5.41, 5.74) is 1.65. The molecular formula is C14H18N2O3. The number of nitrogens with zero attached hydrogens (tertiary/aromatic N) is 1. The van der Waals surface area contributed by atoms with E-state index < -0.39 is 6.10 Å². The van der Waals surface area contributed by atoms with Gasteiger partial charge in [0.2, 0.25) is 0 Å². The quantitative estimate of drug-likeness (QED) is 0.831. The third-order valence-corrected chi connectivity index (χ3v) is 2.80. The Balaban J connectivity index is 1.85. The predicted octanol–water partition coefficient (Wildman–Crippen LogP) is 1.81. The Morgan fingerprint density at radius 1 is 1.42 bits per heavy atom. The molecule has 0 aliphatic carbocycles. The van der Waals surface area contributed by atoms with Gasteiger partial charge < -0.3 is 19.7 Å². The summed E-state index contributed by atoms with van der Waals surface area (Å²) in [6, 6.07) is 9.27. The Kier molecular flexibility index (Phi) is 4.54. The number of nitrogens with one attached hydrogen (secondary N) is 1. The Bertz CT molecular complexity index is 525. The van der Waals surface area contributed by atoms with Gasteiger partial charge in [-0.2, -0.15) is 0 Å². The van der Waals surface area contributed by atoms with Crippen molar-refractivity contribution in [3.8, 4) is 5.75 Å². The van der Waals surface area contributed by atoms with Crippen molar-refractivity contribution in [2.45, 2.75) is 19.6 Å². The lowest BCUT2D eigenvalue weighted by Crippen LogP contribution is -2.21. The normalized spacial score (nSPS) is 12.4. The van der Waals surface area contributed by atoms with Gasteiger partial charge in [-0.15, -0.1) is 0 Å². The average Bonchev–Trinajstić information content (AvgIpc) is 2.84. The van der Waals surface area contributed by atoms with Crippen LogP contribution in [-0.4, -0.2) is 23.9 Å². The first-order valence-corrected chi connectivity index (χ1v) is 6.14. The highest BCUT2D eigenvalue weighted by Crippen LogP contribution is 2.18. The highest BCUT2D eigenvalue weighted by Gasteiger charge is 2.08. The van der Waals surface area contributed by atoms with Gasteiger partial charge in [-0.05, 0) is 24.6 Å². The van der Waals surface area contributed by atoms with Crippen LogP contribution >= 0.6 is 0 Å². The minimum absolute atomic E-state index is 0.444. The van der Waals surface area contributed by atoms with E-state index in [0.29, 0.717) is 13.1 Å². The van der Waals surface area contributed by atoms with Crippen LogP contribution in [0.4, 0.5) is 0 Å². The van der Waals surface area contributed by atoms with E-state index in [-0.39, 0.29) is 0 Å². The van der Waals surface area contributed by atoms with Crippen LogP contribution in [0.1, 0.15) is 23.1 Å². The lowest BCUT2D eigenvalue weighted by molar-refractivity contribution is 0.173. The van der Waals surface area contributed by atoms with Crippen LogP contribution in [0.25, 0.3) is 0 Å². The molecule has 1 aromatic carbocycles. The van der Waals surface area contributed by atoms with Crippen molar-refractivity contribution in [2.75, 3.05) is 13.7 Å². The van der Waals surface area contributed by atoms with Gasteiger partial charge in [0.25, 0.3) is 0 Å². The fourth-order valence-electron chi connectivity index (χ4n) is 1.80. The van der Waals surface area contributed by atoms with E-state index in [1.54, 1.807) is 7.11 Å². The molecule has 0 radical (unpaired) electrons. The fraction of sp³-hybridized carbons (Fsp3) is 0.357. The van der Waals surface area contributed by atoms with E-state index in [9.17, 15) is 5.11 Å². The highest BCUT2D eigenvalue weighted by atomic mass is 16.5. The molecule has 5 heteroatoms. The van der Waals surface area contributed by atoms with Gasteiger partial charge in [-0.3, -0.25) is 0 Å². The van der Waals surface area contributed by atoms with E-state index in [1.807, 2.05) is 37.3 Å². The molecule has 0 aliphatic rings. The van der Waals surface area contributed by atoms with Gasteiger partial charge in [-0.25, -0.2) is 0 Å². The number of hydrogen-bond donors (Lipinski definition) is 2. The molecule has 0 saturated carbocycles.